The zero-order chi connectivity index (χ0) is 21.1. The smallest absolute Gasteiger partial charge is 0.336 e. The summed E-state index contributed by atoms with van der Waals surface area (Å²) in [5, 5.41) is 7.31. The van der Waals surface area contributed by atoms with E-state index in [9.17, 15) is 9.59 Å². The van der Waals surface area contributed by atoms with Gasteiger partial charge in [0.2, 0.25) is 5.91 Å². The Balaban J connectivity index is 1.53. The van der Waals surface area contributed by atoms with Gasteiger partial charge in [0.1, 0.15) is 5.58 Å². The van der Waals surface area contributed by atoms with Gasteiger partial charge in [-0.05, 0) is 61.4 Å². The third kappa shape index (κ3) is 4.30. The van der Waals surface area contributed by atoms with E-state index in [-0.39, 0.29) is 11.5 Å². The first-order valence-corrected chi connectivity index (χ1v) is 10.3. The molecule has 2 N–H and O–H groups in total. The molecular formula is C25H26N2O3. The van der Waals surface area contributed by atoms with E-state index in [1.54, 1.807) is 0 Å². The molecule has 4 rings (SSSR count). The minimum Gasteiger partial charge on any atom is -0.422 e. The van der Waals surface area contributed by atoms with Gasteiger partial charge in [-0.2, -0.15) is 0 Å². The van der Waals surface area contributed by atoms with Gasteiger partial charge in [-0.1, -0.05) is 36.4 Å². The Labute approximate surface area is 175 Å². The molecule has 0 fully saturated rings. The molecule has 3 aromatic rings. The van der Waals surface area contributed by atoms with Gasteiger partial charge in [-0.25, -0.2) is 4.79 Å². The maximum absolute atomic E-state index is 12.5. The quantitative estimate of drug-likeness (QED) is 0.433. The predicted octanol–water partition coefficient (Wildman–Crippen LogP) is 5.32. The van der Waals surface area contributed by atoms with E-state index in [2.05, 4.69) is 22.8 Å². The Morgan fingerprint density at radius 3 is 2.70 bits per heavy atom. The average molecular weight is 402 g/mol. The zero-order valence-corrected chi connectivity index (χ0v) is 17.3. The Morgan fingerprint density at radius 2 is 1.93 bits per heavy atom. The van der Waals surface area contributed by atoms with Crippen molar-refractivity contribution in [3.05, 3.63) is 81.7 Å². The molecule has 0 radical (unpaired) electrons. The lowest BCUT2D eigenvalue weighted by atomic mass is 10.0. The van der Waals surface area contributed by atoms with Crippen molar-refractivity contribution in [2.24, 2.45) is 5.92 Å². The number of fused-ring (bicyclic) bond motifs is 1. The topological polar surface area (TPSA) is 71.3 Å². The highest BCUT2D eigenvalue weighted by molar-refractivity contribution is 5.94. The van der Waals surface area contributed by atoms with Crippen LogP contribution in [0, 0.1) is 19.8 Å². The van der Waals surface area contributed by atoms with Gasteiger partial charge >= 0.3 is 5.63 Å². The van der Waals surface area contributed by atoms with Crippen molar-refractivity contribution >= 4 is 28.3 Å². The summed E-state index contributed by atoms with van der Waals surface area (Å²) in [7, 11) is 0. The highest BCUT2D eigenvalue weighted by atomic mass is 16.4. The van der Waals surface area contributed by atoms with Crippen molar-refractivity contribution in [2.75, 3.05) is 10.6 Å². The molecule has 0 saturated carbocycles. The molecule has 2 aromatic carbocycles. The fourth-order valence-corrected chi connectivity index (χ4v) is 3.91. The van der Waals surface area contributed by atoms with Gasteiger partial charge in [0.05, 0.1) is 11.4 Å². The van der Waals surface area contributed by atoms with Crippen molar-refractivity contribution in [1.82, 2.24) is 0 Å². The molecule has 1 aliphatic rings. The van der Waals surface area contributed by atoms with Crippen LogP contribution in [0.25, 0.3) is 11.0 Å². The van der Waals surface area contributed by atoms with E-state index >= 15 is 0 Å². The van der Waals surface area contributed by atoms with Crippen LogP contribution in [0.1, 0.15) is 36.0 Å². The van der Waals surface area contributed by atoms with Crippen LogP contribution in [0.4, 0.5) is 11.4 Å². The van der Waals surface area contributed by atoms with Gasteiger partial charge in [0.25, 0.3) is 0 Å². The lowest BCUT2D eigenvalue weighted by molar-refractivity contribution is -0.116. The van der Waals surface area contributed by atoms with E-state index in [1.807, 2.05) is 50.2 Å². The Morgan fingerprint density at radius 1 is 1.13 bits per heavy atom. The lowest BCUT2D eigenvalue weighted by Gasteiger charge is -2.15. The van der Waals surface area contributed by atoms with Crippen molar-refractivity contribution < 1.29 is 9.21 Å². The summed E-state index contributed by atoms with van der Waals surface area (Å²) in [5.74, 6) is 0.337. The molecule has 5 nitrogen and oxygen atoms in total. The Hall–Kier alpha value is -3.34. The number of benzene rings is 2. The Kier molecular flexibility index (Phi) is 5.70. The van der Waals surface area contributed by atoms with Gasteiger partial charge in [0, 0.05) is 24.4 Å². The van der Waals surface area contributed by atoms with Crippen molar-refractivity contribution in [1.29, 1.82) is 0 Å². The summed E-state index contributed by atoms with van der Waals surface area (Å²) in [6.45, 7) is 4.41. The monoisotopic (exact) mass is 402 g/mol. The molecule has 1 heterocycles. The van der Waals surface area contributed by atoms with E-state index in [1.165, 1.54) is 6.07 Å². The summed E-state index contributed by atoms with van der Waals surface area (Å²) in [4.78, 5) is 24.6. The Bertz CT molecular complexity index is 1180. The summed E-state index contributed by atoms with van der Waals surface area (Å²) >= 11 is 0. The number of carbonyl (C=O) groups is 1. The number of para-hydroxylation sites is 2. The fourth-order valence-electron chi connectivity index (χ4n) is 3.91. The molecule has 1 atom stereocenters. The van der Waals surface area contributed by atoms with E-state index in [0.717, 1.165) is 46.3 Å². The maximum atomic E-state index is 12.5. The summed E-state index contributed by atoms with van der Waals surface area (Å²) in [5.41, 5.74) is 4.74. The van der Waals surface area contributed by atoms with Crippen LogP contribution in [0.15, 0.2) is 63.8 Å². The number of hydrogen-bond acceptors (Lipinski definition) is 4. The zero-order valence-electron chi connectivity index (χ0n) is 17.3. The second-order valence-corrected chi connectivity index (χ2v) is 7.89. The minimum absolute atomic E-state index is 0.0118. The molecule has 1 aromatic heterocycles. The molecule has 1 unspecified atom stereocenters. The number of nitrogens with one attached hydrogen (secondary N) is 2. The highest BCUT2D eigenvalue weighted by Crippen LogP contribution is 2.27. The molecule has 0 spiro atoms. The average Bonchev–Trinajstić information content (AvgIpc) is 3.23. The van der Waals surface area contributed by atoms with Crippen LogP contribution in [0.5, 0.6) is 0 Å². The predicted molar refractivity (Wildman–Crippen MR) is 121 cm³/mol. The normalized spacial score (nSPS) is 15.5. The first-order chi connectivity index (χ1) is 14.5. The second-order valence-electron chi connectivity index (χ2n) is 7.89. The van der Waals surface area contributed by atoms with Crippen LogP contribution in [-0.4, -0.2) is 5.91 Å². The third-order valence-electron chi connectivity index (χ3n) is 5.75. The second kappa shape index (κ2) is 8.57. The van der Waals surface area contributed by atoms with Gasteiger partial charge in [0.15, 0.2) is 0 Å². The van der Waals surface area contributed by atoms with Crippen LogP contribution >= 0.6 is 0 Å². The molecular weight excluding hydrogens is 376 g/mol. The number of aryl methyl sites for hydroxylation is 2. The SMILES string of the molecule is Cc1ccc2c(CNc3ccccc3NC(=O)CC3C=CCC3)cc(=O)oc2c1C. The molecule has 154 valence electrons. The third-order valence-corrected chi connectivity index (χ3v) is 5.75. The number of rotatable bonds is 6. The fraction of sp³-hybridized carbons (Fsp3) is 0.280. The molecule has 0 saturated heterocycles. The first-order valence-electron chi connectivity index (χ1n) is 10.3. The van der Waals surface area contributed by atoms with Crippen molar-refractivity contribution in [3.8, 4) is 0 Å². The van der Waals surface area contributed by atoms with Crippen LogP contribution in [0.2, 0.25) is 0 Å². The van der Waals surface area contributed by atoms with E-state index < -0.39 is 0 Å². The van der Waals surface area contributed by atoms with E-state index in [0.29, 0.717) is 24.5 Å². The summed E-state index contributed by atoms with van der Waals surface area (Å²) in [6, 6.07) is 13.2. The first kappa shape index (κ1) is 20.0. The molecule has 0 aliphatic heterocycles. The number of anilines is 2. The maximum Gasteiger partial charge on any atom is 0.336 e. The number of hydrogen-bond donors (Lipinski definition) is 2. The highest BCUT2D eigenvalue weighted by Gasteiger charge is 2.15. The number of carbonyl (C=O) groups excluding carboxylic acids is 1. The van der Waals surface area contributed by atoms with Crippen molar-refractivity contribution in [2.45, 2.75) is 39.7 Å². The van der Waals surface area contributed by atoms with E-state index in [4.69, 9.17) is 4.42 Å². The molecule has 30 heavy (non-hydrogen) atoms. The van der Waals surface area contributed by atoms with Gasteiger partial charge in [-0.15, -0.1) is 0 Å². The van der Waals surface area contributed by atoms with Crippen LogP contribution < -0.4 is 16.3 Å². The molecule has 1 amide bonds. The standard InChI is InChI=1S/C25H26N2O3/c1-16-11-12-20-19(14-24(29)30-25(20)17(16)2)15-26-21-9-5-6-10-22(21)27-23(28)13-18-7-3-4-8-18/h3,5-7,9-12,14,18,26H,4,8,13,15H2,1-2H3,(H,27,28). The number of amides is 1. The summed E-state index contributed by atoms with van der Waals surface area (Å²) in [6.07, 6.45) is 6.84. The number of allylic oxidation sites excluding steroid dienone is 2. The molecule has 0 bridgehead atoms. The van der Waals surface area contributed by atoms with Crippen LogP contribution in [-0.2, 0) is 11.3 Å². The molecule has 5 heteroatoms. The lowest BCUT2D eigenvalue weighted by Crippen LogP contribution is -2.16. The van der Waals surface area contributed by atoms with Gasteiger partial charge in [-0.3, -0.25) is 4.79 Å². The van der Waals surface area contributed by atoms with Crippen molar-refractivity contribution in [3.63, 3.8) is 0 Å². The minimum atomic E-state index is -0.362. The van der Waals surface area contributed by atoms with Crippen LogP contribution in [0.3, 0.4) is 0 Å². The largest absolute Gasteiger partial charge is 0.422 e. The molecule has 1 aliphatic carbocycles. The summed E-state index contributed by atoms with van der Waals surface area (Å²) < 4.78 is 5.46. The van der Waals surface area contributed by atoms with Gasteiger partial charge < -0.3 is 15.1 Å².